The molecule has 7 nitrogen and oxygen atoms in total. The van der Waals surface area contributed by atoms with Crippen LogP contribution in [0.1, 0.15) is 61.2 Å². The number of nitrogens with one attached hydrogen (secondary N) is 2. The van der Waals surface area contributed by atoms with Crippen LogP contribution in [0.25, 0.3) is 11.1 Å². The Hall–Kier alpha value is -3.03. The molecule has 2 saturated carbocycles. The molecule has 0 saturated heterocycles. The van der Waals surface area contributed by atoms with Gasteiger partial charge < -0.3 is 15.8 Å². The lowest BCUT2D eigenvalue weighted by Crippen LogP contribution is -2.39. The van der Waals surface area contributed by atoms with Crippen LogP contribution >= 0.6 is 11.8 Å². The molecule has 2 aliphatic rings. The Labute approximate surface area is 195 Å². The Morgan fingerprint density at radius 2 is 2.03 bits per heavy atom. The molecule has 1 unspecified atom stereocenters. The van der Waals surface area contributed by atoms with Crippen LogP contribution in [0.5, 0.6) is 5.75 Å². The van der Waals surface area contributed by atoms with E-state index in [1.807, 2.05) is 0 Å². The third-order valence-corrected chi connectivity index (χ3v) is 5.98. The average Bonchev–Trinajstić information content (AvgIpc) is 3.70. The first-order valence-electron chi connectivity index (χ1n) is 10.5. The molecule has 2 aromatic heterocycles. The van der Waals surface area contributed by atoms with Gasteiger partial charge in [-0.2, -0.15) is 0 Å². The van der Waals surface area contributed by atoms with Gasteiger partial charge in [-0.25, -0.2) is 8.78 Å². The number of methoxy groups -OCH3 is 1. The normalized spacial score (nSPS) is 16.0. The Morgan fingerprint density at radius 1 is 1.27 bits per heavy atom. The van der Waals surface area contributed by atoms with Crippen LogP contribution in [-0.2, 0) is 0 Å². The molecule has 0 spiro atoms. The second-order valence-electron chi connectivity index (χ2n) is 7.92. The van der Waals surface area contributed by atoms with Gasteiger partial charge in [-0.3, -0.25) is 20.2 Å². The number of hydrogen-bond donors (Lipinski definition) is 3. The molecule has 2 aliphatic carbocycles. The number of nitrogens with two attached hydrogens (primary N) is 1. The summed E-state index contributed by atoms with van der Waals surface area (Å²) in [5, 5.41) is 10.6. The molecule has 1 amide bonds. The fourth-order valence-corrected chi connectivity index (χ4v) is 3.76. The highest BCUT2D eigenvalue weighted by Crippen LogP contribution is 2.42. The zero-order chi connectivity index (χ0) is 23.5. The number of hydrogen-bond acceptors (Lipinski definition) is 7. The van der Waals surface area contributed by atoms with Crippen molar-refractivity contribution in [1.82, 2.24) is 15.3 Å². The maximum Gasteiger partial charge on any atom is 0.280 e. The van der Waals surface area contributed by atoms with Crippen molar-refractivity contribution >= 4 is 22.7 Å². The zero-order valence-electron chi connectivity index (χ0n) is 17.9. The predicted molar refractivity (Wildman–Crippen MR) is 124 cm³/mol. The van der Waals surface area contributed by atoms with E-state index >= 15 is 0 Å². The van der Waals surface area contributed by atoms with Crippen LogP contribution in [0.4, 0.5) is 8.78 Å². The summed E-state index contributed by atoms with van der Waals surface area (Å²) in [7, 11) is 1.41. The quantitative estimate of drug-likeness (QED) is 0.239. The molecule has 0 bridgehead atoms. The summed E-state index contributed by atoms with van der Waals surface area (Å²) in [6, 6.07) is 2.96. The number of pyridine rings is 2. The van der Waals surface area contributed by atoms with Gasteiger partial charge in [-0.1, -0.05) is 17.7 Å². The lowest BCUT2D eigenvalue weighted by atomic mass is 9.98. The minimum atomic E-state index is -2.77. The van der Waals surface area contributed by atoms with Gasteiger partial charge in [0.15, 0.2) is 0 Å². The van der Waals surface area contributed by atoms with Crippen LogP contribution < -0.4 is 15.8 Å². The largest absolute Gasteiger partial charge is 0.494 e. The number of halogens is 2. The summed E-state index contributed by atoms with van der Waals surface area (Å²) in [5.74, 6) is 6.07. The Bertz CT molecular complexity index is 1150. The molecule has 4 rings (SSSR count). The van der Waals surface area contributed by atoms with E-state index < -0.39 is 23.5 Å². The molecule has 0 radical (unpaired) electrons. The lowest BCUT2D eigenvalue weighted by molar-refractivity contribution is 0.0951. The first-order valence-corrected chi connectivity index (χ1v) is 11.4. The zero-order valence-corrected chi connectivity index (χ0v) is 18.7. The van der Waals surface area contributed by atoms with E-state index in [2.05, 4.69) is 27.1 Å². The van der Waals surface area contributed by atoms with Crippen molar-refractivity contribution in [2.24, 2.45) is 11.7 Å². The van der Waals surface area contributed by atoms with Gasteiger partial charge in [0.25, 0.3) is 12.3 Å². The summed E-state index contributed by atoms with van der Waals surface area (Å²) in [6.45, 7) is 0. The number of alkyl halides is 2. The van der Waals surface area contributed by atoms with Gasteiger partial charge in [-0.15, -0.1) is 0 Å². The van der Waals surface area contributed by atoms with Crippen molar-refractivity contribution in [1.29, 1.82) is 5.41 Å². The van der Waals surface area contributed by atoms with Crippen LogP contribution in [0.3, 0.4) is 0 Å². The van der Waals surface area contributed by atoms with E-state index in [0.717, 1.165) is 43.1 Å². The first kappa shape index (κ1) is 23.1. The standard InChI is InChI=1S/C23H23F2N5O2S.H2/c1-32-19-11-29-18(21(24)25)9-15(19)14-8-17(13-5-6-13)28-10-16(14)22(31)30-23(27)33-20(26)7-4-12-2-3-12;/h8-13,21,23,26H,2-3,5-6,27H2,1H3,(H,30,31);1H. The number of rotatable bonds is 7. The van der Waals surface area contributed by atoms with Crippen molar-refractivity contribution in [3.63, 3.8) is 0 Å². The van der Waals surface area contributed by atoms with Crippen LogP contribution in [0.15, 0.2) is 24.5 Å². The van der Waals surface area contributed by atoms with E-state index in [-0.39, 0.29) is 23.7 Å². The summed E-state index contributed by atoms with van der Waals surface area (Å²) in [4.78, 5) is 21.2. The molecule has 2 fully saturated rings. The van der Waals surface area contributed by atoms with E-state index in [9.17, 15) is 13.6 Å². The molecule has 10 heteroatoms. The second-order valence-corrected chi connectivity index (χ2v) is 9.08. The average molecular weight is 474 g/mol. The van der Waals surface area contributed by atoms with Gasteiger partial charge in [0, 0.05) is 36.3 Å². The van der Waals surface area contributed by atoms with Gasteiger partial charge in [-0.05, 0) is 43.7 Å². The number of carbonyl (C=O) groups is 1. The number of thioether (sulfide) groups is 1. The summed E-state index contributed by atoms with van der Waals surface area (Å²) in [5.41, 5.74) is 6.35. The Kier molecular flexibility index (Phi) is 6.91. The highest BCUT2D eigenvalue weighted by Gasteiger charge is 2.28. The summed E-state index contributed by atoms with van der Waals surface area (Å²) < 4.78 is 32.0. The van der Waals surface area contributed by atoms with Crippen molar-refractivity contribution in [2.75, 3.05) is 7.11 Å². The van der Waals surface area contributed by atoms with Gasteiger partial charge in [0.05, 0.1) is 18.9 Å². The smallest absolute Gasteiger partial charge is 0.280 e. The SMILES string of the molecule is COc1cnc(C(F)F)cc1-c1cc(C2CC2)ncc1C(=O)NC(N)SC(=N)C#CC1CC1.[HH]. The molecule has 33 heavy (non-hydrogen) atoms. The van der Waals surface area contributed by atoms with Crippen molar-refractivity contribution in [2.45, 2.75) is 43.5 Å². The number of ether oxygens (including phenoxy) is 1. The van der Waals surface area contributed by atoms with Crippen molar-refractivity contribution < 1.29 is 19.7 Å². The minimum Gasteiger partial charge on any atom is -0.494 e. The monoisotopic (exact) mass is 473 g/mol. The van der Waals surface area contributed by atoms with Crippen LogP contribution in [-0.4, -0.2) is 33.5 Å². The molecular formula is C23H25F2N5O2S. The third kappa shape index (κ3) is 5.86. The molecule has 4 N–H and O–H groups in total. The van der Waals surface area contributed by atoms with Crippen molar-refractivity contribution in [3.8, 4) is 28.7 Å². The predicted octanol–water partition coefficient (Wildman–Crippen LogP) is 4.31. The summed E-state index contributed by atoms with van der Waals surface area (Å²) in [6.07, 6.45) is 3.94. The number of amides is 1. The van der Waals surface area contributed by atoms with E-state index in [1.165, 1.54) is 25.6 Å². The molecule has 2 heterocycles. The van der Waals surface area contributed by atoms with Gasteiger partial charge in [0.2, 0.25) is 0 Å². The fraction of sp³-hybridized carbons (Fsp3) is 0.391. The minimum absolute atomic E-state index is 0. The molecule has 0 aromatic carbocycles. The Morgan fingerprint density at radius 3 is 2.67 bits per heavy atom. The molecule has 0 aliphatic heterocycles. The second kappa shape index (κ2) is 9.85. The topological polar surface area (TPSA) is 114 Å². The van der Waals surface area contributed by atoms with E-state index in [4.69, 9.17) is 15.9 Å². The lowest BCUT2D eigenvalue weighted by Gasteiger charge is -2.17. The van der Waals surface area contributed by atoms with Crippen molar-refractivity contribution in [3.05, 3.63) is 41.5 Å². The highest BCUT2D eigenvalue weighted by molar-refractivity contribution is 8.14. The van der Waals surface area contributed by atoms with Crippen LogP contribution in [0, 0.1) is 23.2 Å². The number of aromatic nitrogens is 2. The van der Waals surface area contributed by atoms with E-state index in [0.29, 0.717) is 17.0 Å². The van der Waals surface area contributed by atoms with E-state index in [1.54, 1.807) is 6.07 Å². The maximum absolute atomic E-state index is 13.3. The molecule has 1 atom stereocenters. The first-order chi connectivity index (χ1) is 15.9. The fourth-order valence-electron chi connectivity index (χ4n) is 3.22. The Balaban J connectivity index is 0.00000324. The third-order valence-electron chi connectivity index (χ3n) is 5.27. The highest BCUT2D eigenvalue weighted by atomic mass is 32.2. The summed E-state index contributed by atoms with van der Waals surface area (Å²) >= 11 is 0.927. The number of carbonyl (C=O) groups excluding carboxylic acids is 1. The number of nitrogens with zero attached hydrogens (tertiary/aromatic N) is 2. The van der Waals surface area contributed by atoms with Crippen LogP contribution in [0.2, 0.25) is 0 Å². The van der Waals surface area contributed by atoms with Gasteiger partial charge in [0.1, 0.15) is 22.0 Å². The molecular weight excluding hydrogens is 448 g/mol. The molecule has 2 aromatic rings. The molecule has 174 valence electrons. The maximum atomic E-state index is 13.3. The van der Waals surface area contributed by atoms with Gasteiger partial charge >= 0.3 is 0 Å².